The van der Waals surface area contributed by atoms with E-state index in [4.69, 9.17) is 9.47 Å². The number of benzene rings is 3. The number of hydrogen-bond acceptors (Lipinski definition) is 6. The van der Waals surface area contributed by atoms with E-state index < -0.39 is 28.5 Å². The Morgan fingerprint density at radius 1 is 0.902 bits per heavy atom. The lowest BCUT2D eigenvalue weighted by atomic mass is 10.0. The lowest BCUT2D eigenvalue weighted by molar-refractivity contribution is -0.140. The zero-order valence-electron chi connectivity index (χ0n) is 24.5. The SMILES string of the molecule is COc1ccc(OC)c(N(CC(=O)N(Cc2ccc(C)cc2)[C@H](Cc2ccccc2)C(=O)NC(C)C)S(C)(=O)=O)c1. The van der Waals surface area contributed by atoms with Crippen molar-refractivity contribution < 1.29 is 27.5 Å². The first kappa shape index (κ1) is 31.5. The molecule has 0 aliphatic rings. The van der Waals surface area contributed by atoms with Crippen LogP contribution in [0.4, 0.5) is 5.69 Å². The minimum absolute atomic E-state index is 0.106. The number of aryl methyl sites for hydroxylation is 1. The van der Waals surface area contributed by atoms with Crippen molar-refractivity contribution >= 4 is 27.5 Å². The highest BCUT2D eigenvalue weighted by Crippen LogP contribution is 2.34. The van der Waals surface area contributed by atoms with Crippen molar-refractivity contribution in [3.05, 3.63) is 89.5 Å². The molecule has 0 fully saturated rings. The minimum atomic E-state index is -3.96. The maximum absolute atomic E-state index is 14.2. The number of carbonyl (C=O) groups excluding carboxylic acids is 2. The Morgan fingerprint density at radius 2 is 1.56 bits per heavy atom. The zero-order chi connectivity index (χ0) is 30.2. The van der Waals surface area contributed by atoms with Crippen LogP contribution in [-0.2, 0) is 32.6 Å². The van der Waals surface area contributed by atoms with E-state index in [1.807, 2.05) is 75.4 Å². The first-order valence-corrected chi connectivity index (χ1v) is 15.2. The summed E-state index contributed by atoms with van der Waals surface area (Å²) in [5.41, 5.74) is 2.89. The molecular weight excluding hydrogens is 542 g/mol. The van der Waals surface area contributed by atoms with Crippen LogP contribution in [0.5, 0.6) is 11.5 Å². The van der Waals surface area contributed by atoms with Crippen molar-refractivity contribution in [2.75, 3.05) is 31.3 Å². The van der Waals surface area contributed by atoms with Crippen molar-refractivity contribution in [2.45, 2.75) is 45.8 Å². The summed E-state index contributed by atoms with van der Waals surface area (Å²) in [4.78, 5) is 29.3. The number of methoxy groups -OCH3 is 2. The van der Waals surface area contributed by atoms with Crippen LogP contribution in [-0.4, -0.2) is 64.2 Å². The van der Waals surface area contributed by atoms with Gasteiger partial charge in [-0.15, -0.1) is 0 Å². The van der Waals surface area contributed by atoms with Gasteiger partial charge in [0.2, 0.25) is 21.8 Å². The molecule has 220 valence electrons. The average molecular weight is 582 g/mol. The topological polar surface area (TPSA) is 105 Å². The Balaban J connectivity index is 2.10. The van der Waals surface area contributed by atoms with Gasteiger partial charge in [0, 0.05) is 25.1 Å². The molecule has 0 aliphatic carbocycles. The maximum atomic E-state index is 14.2. The van der Waals surface area contributed by atoms with Gasteiger partial charge in [0.05, 0.1) is 26.2 Å². The first-order chi connectivity index (χ1) is 19.4. The molecule has 0 aromatic heterocycles. The van der Waals surface area contributed by atoms with Gasteiger partial charge in [-0.1, -0.05) is 60.2 Å². The smallest absolute Gasteiger partial charge is 0.244 e. The molecule has 41 heavy (non-hydrogen) atoms. The Labute approximate surface area is 243 Å². The molecule has 0 radical (unpaired) electrons. The Morgan fingerprint density at radius 3 is 2.12 bits per heavy atom. The molecule has 0 unspecified atom stereocenters. The normalized spacial score (nSPS) is 12.0. The van der Waals surface area contributed by atoms with Crippen LogP contribution in [0.3, 0.4) is 0 Å². The molecule has 0 saturated carbocycles. The maximum Gasteiger partial charge on any atom is 0.244 e. The van der Waals surface area contributed by atoms with Crippen LogP contribution in [0, 0.1) is 6.92 Å². The summed E-state index contributed by atoms with van der Waals surface area (Å²) in [5, 5.41) is 2.94. The fraction of sp³-hybridized carbons (Fsp3) is 0.355. The number of ether oxygens (including phenoxy) is 2. The van der Waals surface area contributed by atoms with Crippen molar-refractivity contribution in [1.82, 2.24) is 10.2 Å². The molecule has 9 nitrogen and oxygen atoms in total. The number of nitrogens with one attached hydrogen (secondary N) is 1. The summed E-state index contributed by atoms with van der Waals surface area (Å²) in [5.74, 6) is -0.209. The number of carbonyl (C=O) groups is 2. The second kappa shape index (κ2) is 14.0. The highest BCUT2D eigenvalue weighted by molar-refractivity contribution is 7.92. The Bertz CT molecular complexity index is 1430. The van der Waals surface area contributed by atoms with Crippen LogP contribution in [0.15, 0.2) is 72.8 Å². The number of hydrogen-bond donors (Lipinski definition) is 1. The van der Waals surface area contributed by atoms with Gasteiger partial charge in [-0.3, -0.25) is 13.9 Å². The first-order valence-electron chi connectivity index (χ1n) is 13.3. The summed E-state index contributed by atoms with van der Waals surface area (Å²) >= 11 is 0. The summed E-state index contributed by atoms with van der Waals surface area (Å²) < 4.78 is 37.9. The second-order valence-corrected chi connectivity index (χ2v) is 12.1. The van der Waals surface area contributed by atoms with Crippen molar-refractivity contribution in [1.29, 1.82) is 0 Å². The van der Waals surface area contributed by atoms with Crippen molar-refractivity contribution in [2.24, 2.45) is 0 Å². The van der Waals surface area contributed by atoms with Gasteiger partial charge in [-0.05, 0) is 44.0 Å². The quantitative estimate of drug-likeness (QED) is 0.328. The number of nitrogens with zero attached hydrogens (tertiary/aromatic N) is 2. The van der Waals surface area contributed by atoms with E-state index in [1.165, 1.54) is 25.2 Å². The molecule has 0 aliphatic heterocycles. The number of sulfonamides is 1. The molecule has 3 aromatic carbocycles. The Kier molecular flexibility index (Phi) is 10.8. The standard InChI is InChI=1S/C31H39N3O6S/c1-22(2)32-31(36)28(18-24-10-8-7-9-11-24)33(20-25-14-12-23(3)13-15-25)30(35)21-34(41(6,37)38)27-19-26(39-4)16-17-29(27)40-5/h7-17,19,22,28H,18,20-21H2,1-6H3,(H,32,36)/t28-/m1/s1. The molecule has 3 rings (SSSR count). The molecule has 0 spiro atoms. The minimum Gasteiger partial charge on any atom is -0.497 e. The van der Waals surface area contributed by atoms with E-state index in [0.29, 0.717) is 5.75 Å². The molecule has 3 aromatic rings. The highest BCUT2D eigenvalue weighted by atomic mass is 32.2. The molecule has 2 amide bonds. The van der Waals surface area contributed by atoms with Crippen LogP contribution in [0.1, 0.15) is 30.5 Å². The van der Waals surface area contributed by atoms with Crippen molar-refractivity contribution in [3.8, 4) is 11.5 Å². The van der Waals surface area contributed by atoms with Gasteiger partial charge in [-0.25, -0.2) is 8.42 Å². The van der Waals surface area contributed by atoms with Crippen LogP contribution < -0.4 is 19.1 Å². The average Bonchev–Trinajstić information content (AvgIpc) is 2.93. The number of amides is 2. The molecular formula is C31H39N3O6S. The third-order valence-corrected chi connectivity index (χ3v) is 7.64. The van der Waals surface area contributed by atoms with E-state index in [0.717, 1.165) is 27.3 Å². The second-order valence-electron chi connectivity index (χ2n) is 10.2. The van der Waals surface area contributed by atoms with Crippen molar-refractivity contribution in [3.63, 3.8) is 0 Å². The fourth-order valence-electron chi connectivity index (χ4n) is 4.41. The lowest BCUT2D eigenvalue weighted by Gasteiger charge is -2.34. The summed E-state index contributed by atoms with van der Waals surface area (Å²) in [6.45, 7) is 5.23. The van der Waals surface area contributed by atoms with E-state index in [2.05, 4.69) is 5.32 Å². The van der Waals surface area contributed by atoms with E-state index in [1.54, 1.807) is 12.1 Å². The summed E-state index contributed by atoms with van der Waals surface area (Å²) in [6.07, 6.45) is 1.27. The summed E-state index contributed by atoms with van der Waals surface area (Å²) in [6, 6.07) is 20.7. The van der Waals surface area contributed by atoms with Crippen LogP contribution in [0.25, 0.3) is 0 Å². The van der Waals surface area contributed by atoms with Gasteiger partial charge in [-0.2, -0.15) is 0 Å². The van der Waals surface area contributed by atoms with Gasteiger partial charge >= 0.3 is 0 Å². The molecule has 0 saturated heterocycles. The molecule has 1 atom stereocenters. The highest BCUT2D eigenvalue weighted by Gasteiger charge is 2.34. The van der Waals surface area contributed by atoms with Gasteiger partial charge < -0.3 is 19.7 Å². The van der Waals surface area contributed by atoms with Crippen LogP contribution >= 0.6 is 0 Å². The van der Waals surface area contributed by atoms with Gasteiger partial charge in [0.15, 0.2) is 0 Å². The molecule has 10 heteroatoms. The molecule has 0 heterocycles. The third kappa shape index (κ3) is 8.72. The van der Waals surface area contributed by atoms with Gasteiger partial charge in [0.25, 0.3) is 0 Å². The van der Waals surface area contributed by atoms with E-state index in [9.17, 15) is 18.0 Å². The fourth-order valence-corrected chi connectivity index (χ4v) is 5.26. The van der Waals surface area contributed by atoms with E-state index in [-0.39, 0.29) is 36.4 Å². The molecule has 1 N–H and O–H groups in total. The Hall–Kier alpha value is -4.05. The van der Waals surface area contributed by atoms with Gasteiger partial charge in [0.1, 0.15) is 24.1 Å². The predicted octanol–water partition coefficient (Wildman–Crippen LogP) is 3.94. The predicted molar refractivity (Wildman–Crippen MR) is 161 cm³/mol. The third-order valence-electron chi connectivity index (χ3n) is 6.51. The number of anilines is 1. The molecule has 0 bridgehead atoms. The van der Waals surface area contributed by atoms with Crippen LogP contribution in [0.2, 0.25) is 0 Å². The van der Waals surface area contributed by atoms with E-state index >= 15 is 0 Å². The summed E-state index contributed by atoms with van der Waals surface area (Å²) in [7, 11) is -1.07. The number of rotatable bonds is 13. The zero-order valence-corrected chi connectivity index (χ0v) is 25.3. The largest absolute Gasteiger partial charge is 0.497 e. The lowest BCUT2D eigenvalue weighted by Crippen LogP contribution is -2.54. The monoisotopic (exact) mass is 581 g/mol.